The van der Waals surface area contributed by atoms with Crippen LogP contribution in [0.15, 0.2) is 48.0 Å². The van der Waals surface area contributed by atoms with E-state index in [1.165, 1.54) is 6.07 Å². The van der Waals surface area contributed by atoms with Crippen LogP contribution in [0.2, 0.25) is 0 Å². The number of benzene rings is 2. The van der Waals surface area contributed by atoms with Crippen molar-refractivity contribution in [2.24, 2.45) is 0 Å². The highest BCUT2D eigenvalue weighted by Crippen LogP contribution is 2.37. The molecule has 0 aromatic heterocycles. The summed E-state index contributed by atoms with van der Waals surface area (Å²) in [5, 5.41) is 0. The zero-order valence-electron chi connectivity index (χ0n) is 18.0. The average molecular weight is 433 g/mol. The van der Waals surface area contributed by atoms with Crippen LogP contribution in [0.3, 0.4) is 0 Å². The molecule has 1 unspecified atom stereocenters. The van der Waals surface area contributed by atoms with Gasteiger partial charge in [0.1, 0.15) is 18.1 Å². The number of halogens is 3. The molecule has 1 amide bonds. The van der Waals surface area contributed by atoms with E-state index in [2.05, 4.69) is 0 Å². The van der Waals surface area contributed by atoms with Gasteiger partial charge in [0.15, 0.2) is 0 Å². The van der Waals surface area contributed by atoms with E-state index in [4.69, 9.17) is 9.47 Å². The van der Waals surface area contributed by atoms with Crippen LogP contribution in [0.5, 0.6) is 11.5 Å². The molecular formula is C24H26F3NO3. The van der Waals surface area contributed by atoms with Gasteiger partial charge in [-0.25, -0.2) is 0 Å². The van der Waals surface area contributed by atoms with Crippen LogP contribution in [0.1, 0.15) is 53.9 Å². The lowest BCUT2D eigenvalue weighted by Gasteiger charge is -2.35. The summed E-state index contributed by atoms with van der Waals surface area (Å²) in [5.41, 5.74) is 2.05. The van der Waals surface area contributed by atoms with Crippen LogP contribution in [0, 0.1) is 0 Å². The van der Waals surface area contributed by atoms with Gasteiger partial charge >= 0.3 is 6.18 Å². The maximum absolute atomic E-state index is 13.4. The molecule has 0 saturated carbocycles. The summed E-state index contributed by atoms with van der Waals surface area (Å²) in [5.74, 6) is 0.747. The van der Waals surface area contributed by atoms with E-state index in [9.17, 15) is 18.0 Å². The number of carbonyl (C=O) groups excluding carboxylic acids is 1. The summed E-state index contributed by atoms with van der Waals surface area (Å²) in [4.78, 5) is 15.0. The van der Waals surface area contributed by atoms with Crippen LogP contribution >= 0.6 is 0 Å². The first-order valence-corrected chi connectivity index (χ1v) is 10.1. The Kier molecular flexibility index (Phi) is 6.62. The van der Waals surface area contributed by atoms with Crippen molar-refractivity contribution in [3.05, 3.63) is 70.3 Å². The number of hydrogen-bond donors (Lipinski definition) is 0. The summed E-state index contributed by atoms with van der Waals surface area (Å²) < 4.78 is 50.6. The van der Waals surface area contributed by atoms with Gasteiger partial charge in [-0.2, -0.15) is 13.2 Å². The number of hydrogen-bond acceptors (Lipinski definition) is 3. The largest absolute Gasteiger partial charge is 0.497 e. The predicted octanol–water partition coefficient (Wildman–Crippen LogP) is 5.82. The fourth-order valence-corrected chi connectivity index (χ4v) is 3.63. The first-order chi connectivity index (χ1) is 14.6. The van der Waals surface area contributed by atoms with Crippen LogP contribution in [-0.2, 0) is 12.6 Å². The molecular weight excluding hydrogens is 407 g/mol. The quantitative estimate of drug-likeness (QED) is 0.539. The molecule has 4 nitrogen and oxygen atoms in total. The molecule has 0 aliphatic carbocycles. The predicted molar refractivity (Wildman–Crippen MR) is 113 cm³/mol. The van der Waals surface area contributed by atoms with Gasteiger partial charge in [0.2, 0.25) is 0 Å². The second-order valence-corrected chi connectivity index (χ2v) is 7.80. The molecule has 7 heteroatoms. The molecule has 1 aliphatic heterocycles. The summed E-state index contributed by atoms with van der Waals surface area (Å²) in [6.07, 6.45) is -1.97. The first kappa shape index (κ1) is 22.7. The highest BCUT2D eigenvalue weighted by Gasteiger charge is 2.34. The Morgan fingerprint density at radius 3 is 2.61 bits per heavy atom. The summed E-state index contributed by atoms with van der Waals surface area (Å²) >= 11 is 0. The Hall–Kier alpha value is -2.96. The molecule has 0 N–H and O–H groups in total. The number of methoxy groups -OCH3 is 1. The Bertz CT molecular complexity index is 994. The number of carbonyl (C=O) groups is 1. The van der Waals surface area contributed by atoms with Crippen LogP contribution in [-0.4, -0.2) is 31.1 Å². The van der Waals surface area contributed by atoms with E-state index >= 15 is 0 Å². The second kappa shape index (κ2) is 9.04. The van der Waals surface area contributed by atoms with Gasteiger partial charge in [-0.15, -0.1) is 0 Å². The van der Waals surface area contributed by atoms with Crippen LogP contribution in [0.25, 0.3) is 0 Å². The molecule has 0 bridgehead atoms. The standard InChI is InChI=1S/C24H26F3NO3/c1-15(2)9-11-31-21-14-20(30-4)13-18-8-10-28(23(29)22(18)21)16(3)17-6-5-7-19(12-17)24(25,26)27/h5-7,9,12-14,16H,8,10-11H2,1-4H3. The minimum atomic E-state index is -4.43. The summed E-state index contributed by atoms with van der Waals surface area (Å²) in [6, 6.07) is 8.09. The van der Waals surface area contributed by atoms with Gasteiger partial charge in [-0.3, -0.25) is 4.79 Å². The van der Waals surface area contributed by atoms with Gasteiger partial charge in [-0.1, -0.05) is 17.7 Å². The van der Waals surface area contributed by atoms with Gasteiger partial charge < -0.3 is 14.4 Å². The highest BCUT2D eigenvalue weighted by molar-refractivity contribution is 6.00. The number of nitrogens with zero attached hydrogens (tertiary/aromatic N) is 1. The van der Waals surface area contributed by atoms with Crippen molar-refractivity contribution in [1.82, 2.24) is 4.90 Å². The third-order valence-electron chi connectivity index (χ3n) is 5.38. The normalized spacial score (nSPS) is 14.7. The summed E-state index contributed by atoms with van der Waals surface area (Å²) in [6.45, 7) is 6.34. The second-order valence-electron chi connectivity index (χ2n) is 7.80. The number of fused-ring (bicyclic) bond motifs is 1. The van der Waals surface area contributed by atoms with E-state index in [-0.39, 0.29) is 5.91 Å². The van der Waals surface area contributed by atoms with Crippen molar-refractivity contribution in [2.45, 2.75) is 39.4 Å². The number of ether oxygens (including phenoxy) is 2. The number of alkyl halides is 3. The lowest BCUT2D eigenvalue weighted by molar-refractivity contribution is -0.137. The molecule has 1 aliphatic rings. The third kappa shape index (κ3) is 5.03. The fourth-order valence-electron chi connectivity index (χ4n) is 3.63. The molecule has 0 radical (unpaired) electrons. The molecule has 166 valence electrons. The van der Waals surface area contributed by atoms with Crippen LogP contribution < -0.4 is 9.47 Å². The maximum Gasteiger partial charge on any atom is 0.416 e. The zero-order chi connectivity index (χ0) is 22.8. The number of amides is 1. The van der Waals surface area contributed by atoms with Crippen molar-refractivity contribution in [1.29, 1.82) is 0 Å². The Morgan fingerprint density at radius 2 is 1.97 bits per heavy atom. The Balaban J connectivity index is 1.94. The first-order valence-electron chi connectivity index (χ1n) is 10.1. The number of allylic oxidation sites excluding steroid dienone is 1. The molecule has 0 spiro atoms. The van der Waals surface area contributed by atoms with Crippen molar-refractivity contribution in [2.75, 3.05) is 20.3 Å². The molecule has 2 aromatic rings. The molecule has 1 heterocycles. The van der Waals surface area contributed by atoms with Crippen LogP contribution in [0.4, 0.5) is 13.2 Å². The molecule has 1 atom stereocenters. The minimum absolute atomic E-state index is 0.263. The van der Waals surface area contributed by atoms with Gasteiger partial charge in [0.25, 0.3) is 5.91 Å². The third-order valence-corrected chi connectivity index (χ3v) is 5.38. The van der Waals surface area contributed by atoms with E-state index in [0.717, 1.165) is 23.3 Å². The summed E-state index contributed by atoms with van der Waals surface area (Å²) in [7, 11) is 1.55. The fraction of sp³-hybridized carbons (Fsp3) is 0.375. The monoisotopic (exact) mass is 433 g/mol. The van der Waals surface area contributed by atoms with Gasteiger partial charge in [-0.05, 0) is 62.6 Å². The van der Waals surface area contributed by atoms with Crippen molar-refractivity contribution >= 4 is 5.91 Å². The molecule has 0 saturated heterocycles. The molecule has 31 heavy (non-hydrogen) atoms. The van der Waals surface area contributed by atoms with E-state index in [1.807, 2.05) is 26.0 Å². The highest BCUT2D eigenvalue weighted by atomic mass is 19.4. The van der Waals surface area contributed by atoms with E-state index in [1.54, 1.807) is 31.1 Å². The topological polar surface area (TPSA) is 38.8 Å². The zero-order valence-corrected chi connectivity index (χ0v) is 18.0. The lowest BCUT2D eigenvalue weighted by atomic mass is 9.94. The Morgan fingerprint density at radius 1 is 1.23 bits per heavy atom. The van der Waals surface area contributed by atoms with Gasteiger partial charge in [0, 0.05) is 12.6 Å². The molecule has 2 aromatic carbocycles. The Labute approximate surface area is 180 Å². The maximum atomic E-state index is 13.4. The SMILES string of the molecule is COc1cc2c(c(OCC=C(C)C)c1)C(=O)N(C(C)c1cccc(C(F)(F)F)c1)CC2. The minimum Gasteiger partial charge on any atom is -0.497 e. The van der Waals surface area contributed by atoms with Crippen molar-refractivity contribution in [3.8, 4) is 11.5 Å². The average Bonchev–Trinajstić information content (AvgIpc) is 2.72. The van der Waals surface area contributed by atoms with Gasteiger partial charge in [0.05, 0.1) is 24.3 Å². The smallest absolute Gasteiger partial charge is 0.416 e. The molecule has 0 fully saturated rings. The van der Waals surface area contributed by atoms with Crippen molar-refractivity contribution < 1.29 is 27.4 Å². The van der Waals surface area contributed by atoms with E-state index in [0.29, 0.717) is 42.2 Å². The number of rotatable bonds is 6. The molecule has 3 rings (SSSR count). The van der Waals surface area contributed by atoms with E-state index < -0.39 is 17.8 Å². The lowest BCUT2D eigenvalue weighted by Crippen LogP contribution is -2.39. The van der Waals surface area contributed by atoms with Crippen molar-refractivity contribution in [3.63, 3.8) is 0 Å².